The first-order chi connectivity index (χ1) is 9.21. The second-order valence-corrected chi connectivity index (χ2v) is 6.61. The standard InChI is InChI=1S/C15H28N2O3.ClH/c1-10(2)12(16)13(18)17-8-6-7-11(9-17)15(3,4)14(19)20-5;/h10-12H,6-9,16H2,1-5H3;1H/t11?,12-;/m0./s1. The lowest BCUT2D eigenvalue weighted by molar-refractivity contribution is -0.157. The molecule has 1 fully saturated rings. The number of methoxy groups -OCH3 is 1. The quantitative estimate of drug-likeness (QED) is 0.802. The molecule has 0 aromatic carbocycles. The van der Waals surface area contributed by atoms with Crippen molar-refractivity contribution in [2.75, 3.05) is 20.2 Å². The number of likely N-dealkylation sites (tertiary alicyclic amines) is 1. The summed E-state index contributed by atoms with van der Waals surface area (Å²) in [5.74, 6) is 0.0128. The molecule has 0 saturated carbocycles. The first kappa shape index (κ1) is 20.2. The van der Waals surface area contributed by atoms with Gasteiger partial charge in [-0.05, 0) is 38.5 Å². The number of nitrogens with two attached hydrogens (primary N) is 1. The second kappa shape index (κ2) is 7.99. The second-order valence-electron chi connectivity index (χ2n) is 6.61. The zero-order valence-corrected chi connectivity index (χ0v) is 14.5. The van der Waals surface area contributed by atoms with Gasteiger partial charge >= 0.3 is 5.97 Å². The van der Waals surface area contributed by atoms with Gasteiger partial charge in [0.1, 0.15) is 0 Å². The van der Waals surface area contributed by atoms with Crippen LogP contribution in [0.2, 0.25) is 0 Å². The van der Waals surface area contributed by atoms with Gasteiger partial charge in [0.2, 0.25) is 5.91 Å². The van der Waals surface area contributed by atoms with Crippen LogP contribution in [0.4, 0.5) is 0 Å². The topological polar surface area (TPSA) is 72.6 Å². The van der Waals surface area contributed by atoms with Crippen molar-refractivity contribution in [1.82, 2.24) is 4.90 Å². The number of nitrogens with zero attached hydrogens (tertiary/aromatic N) is 1. The number of esters is 1. The molecule has 1 aliphatic rings. The minimum atomic E-state index is -0.574. The summed E-state index contributed by atoms with van der Waals surface area (Å²) in [6.45, 7) is 8.98. The first-order valence-corrected chi connectivity index (χ1v) is 7.34. The van der Waals surface area contributed by atoms with Crippen molar-refractivity contribution in [3.8, 4) is 0 Å². The molecule has 1 rings (SSSR count). The largest absolute Gasteiger partial charge is 0.469 e. The van der Waals surface area contributed by atoms with E-state index in [0.717, 1.165) is 19.4 Å². The number of amides is 1. The summed E-state index contributed by atoms with van der Waals surface area (Å²) >= 11 is 0. The highest BCUT2D eigenvalue weighted by Crippen LogP contribution is 2.35. The van der Waals surface area contributed by atoms with E-state index in [2.05, 4.69) is 0 Å². The lowest BCUT2D eigenvalue weighted by atomic mass is 9.74. The fourth-order valence-electron chi connectivity index (χ4n) is 2.69. The van der Waals surface area contributed by atoms with Crippen LogP contribution >= 0.6 is 12.4 Å². The Kier molecular flexibility index (Phi) is 7.68. The molecule has 124 valence electrons. The van der Waals surface area contributed by atoms with Crippen molar-refractivity contribution in [3.63, 3.8) is 0 Å². The van der Waals surface area contributed by atoms with Crippen LogP contribution in [0, 0.1) is 17.3 Å². The Labute approximate surface area is 134 Å². The van der Waals surface area contributed by atoms with Gasteiger partial charge < -0.3 is 15.4 Å². The highest BCUT2D eigenvalue weighted by molar-refractivity contribution is 5.85. The van der Waals surface area contributed by atoms with E-state index in [1.165, 1.54) is 7.11 Å². The maximum atomic E-state index is 12.3. The number of hydrogen-bond donors (Lipinski definition) is 1. The Morgan fingerprint density at radius 1 is 1.33 bits per heavy atom. The minimum absolute atomic E-state index is 0. The van der Waals surface area contributed by atoms with E-state index in [9.17, 15) is 9.59 Å². The molecule has 0 aromatic rings. The van der Waals surface area contributed by atoms with Crippen LogP contribution in [-0.4, -0.2) is 43.0 Å². The van der Waals surface area contributed by atoms with Gasteiger partial charge in [-0.25, -0.2) is 0 Å². The Bertz CT molecular complexity index is 372. The summed E-state index contributed by atoms with van der Waals surface area (Å²) < 4.78 is 4.88. The Morgan fingerprint density at radius 3 is 2.38 bits per heavy atom. The number of piperidine rings is 1. The van der Waals surface area contributed by atoms with Gasteiger partial charge in [0, 0.05) is 13.1 Å². The molecular formula is C15H29ClN2O3. The van der Waals surface area contributed by atoms with Crippen LogP contribution in [0.3, 0.4) is 0 Å². The zero-order valence-electron chi connectivity index (χ0n) is 13.7. The van der Waals surface area contributed by atoms with E-state index in [1.54, 1.807) is 0 Å². The van der Waals surface area contributed by atoms with Crippen molar-refractivity contribution >= 4 is 24.3 Å². The molecule has 1 saturated heterocycles. The number of rotatable bonds is 4. The van der Waals surface area contributed by atoms with E-state index in [1.807, 2.05) is 32.6 Å². The average Bonchev–Trinajstić information content (AvgIpc) is 2.44. The Hall–Kier alpha value is -0.810. The SMILES string of the molecule is COC(=O)C(C)(C)C1CCCN(C(=O)[C@@H](N)C(C)C)C1.Cl. The molecule has 1 heterocycles. The fraction of sp³-hybridized carbons (Fsp3) is 0.867. The normalized spacial score (nSPS) is 20.7. The molecule has 1 amide bonds. The van der Waals surface area contributed by atoms with Crippen LogP contribution < -0.4 is 5.73 Å². The van der Waals surface area contributed by atoms with E-state index in [4.69, 9.17) is 10.5 Å². The maximum Gasteiger partial charge on any atom is 0.311 e. The Morgan fingerprint density at radius 2 is 1.90 bits per heavy atom. The molecule has 0 bridgehead atoms. The smallest absolute Gasteiger partial charge is 0.311 e. The third-order valence-corrected chi connectivity index (χ3v) is 4.47. The number of hydrogen-bond acceptors (Lipinski definition) is 4. The summed E-state index contributed by atoms with van der Waals surface area (Å²) in [5, 5.41) is 0. The highest BCUT2D eigenvalue weighted by Gasteiger charge is 2.41. The van der Waals surface area contributed by atoms with Crippen molar-refractivity contribution < 1.29 is 14.3 Å². The molecule has 2 N–H and O–H groups in total. The van der Waals surface area contributed by atoms with Gasteiger partial charge in [-0.3, -0.25) is 9.59 Å². The monoisotopic (exact) mass is 320 g/mol. The van der Waals surface area contributed by atoms with E-state index in [-0.39, 0.29) is 36.1 Å². The van der Waals surface area contributed by atoms with Crippen molar-refractivity contribution in [3.05, 3.63) is 0 Å². The molecule has 0 spiro atoms. The molecule has 21 heavy (non-hydrogen) atoms. The van der Waals surface area contributed by atoms with Crippen LogP contribution in [0.25, 0.3) is 0 Å². The summed E-state index contributed by atoms with van der Waals surface area (Å²) in [5.41, 5.74) is 5.37. The lowest BCUT2D eigenvalue weighted by Crippen LogP contribution is -2.52. The number of carbonyl (C=O) groups excluding carboxylic acids is 2. The predicted octanol–water partition coefficient (Wildman–Crippen LogP) is 1.83. The van der Waals surface area contributed by atoms with Gasteiger partial charge in [0.05, 0.1) is 18.6 Å². The molecule has 1 unspecified atom stereocenters. The van der Waals surface area contributed by atoms with Crippen LogP contribution in [0.15, 0.2) is 0 Å². The van der Waals surface area contributed by atoms with Crippen LogP contribution in [0.5, 0.6) is 0 Å². The number of halogens is 1. The number of carbonyl (C=O) groups is 2. The molecule has 2 atom stereocenters. The third kappa shape index (κ3) is 4.58. The van der Waals surface area contributed by atoms with Crippen molar-refractivity contribution in [2.45, 2.75) is 46.6 Å². The summed E-state index contributed by atoms with van der Waals surface area (Å²) in [6, 6.07) is -0.463. The third-order valence-electron chi connectivity index (χ3n) is 4.47. The zero-order chi connectivity index (χ0) is 15.5. The minimum Gasteiger partial charge on any atom is -0.469 e. The summed E-state index contributed by atoms with van der Waals surface area (Å²) in [6.07, 6.45) is 1.84. The maximum absolute atomic E-state index is 12.3. The van der Waals surface area contributed by atoms with Crippen LogP contribution in [-0.2, 0) is 14.3 Å². The van der Waals surface area contributed by atoms with E-state index >= 15 is 0 Å². The van der Waals surface area contributed by atoms with Crippen molar-refractivity contribution in [1.29, 1.82) is 0 Å². The molecule has 0 aromatic heterocycles. The van der Waals surface area contributed by atoms with Gasteiger partial charge in [-0.2, -0.15) is 0 Å². The van der Waals surface area contributed by atoms with Gasteiger partial charge in [0.15, 0.2) is 0 Å². The van der Waals surface area contributed by atoms with E-state index in [0.29, 0.717) is 6.54 Å². The van der Waals surface area contributed by atoms with Gasteiger partial charge in [0.25, 0.3) is 0 Å². The molecule has 0 radical (unpaired) electrons. The van der Waals surface area contributed by atoms with Crippen molar-refractivity contribution in [2.24, 2.45) is 23.0 Å². The summed E-state index contributed by atoms with van der Waals surface area (Å²) in [7, 11) is 1.41. The average molecular weight is 321 g/mol. The van der Waals surface area contributed by atoms with Gasteiger partial charge in [-0.15, -0.1) is 12.4 Å². The predicted molar refractivity (Wildman–Crippen MR) is 85.2 cm³/mol. The molecular weight excluding hydrogens is 292 g/mol. The molecule has 1 aliphatic heterocycles. The number of ether oxygens (including phenoxy) is 1. The summed E-state index contributed by atoms with van der Waals surface area (Å²) in [4.78, 5) is 26.0. The molecule has 0 aliphatic carbocycles. The van der Waals surface area contributed by atoms with Crippen LogP contribution in [0.1, 0.15) is 40.5 Å². The van der Waals surface area contributed by atoms with Gasteiger partial charge in [-0.1, -0.05) is 13.8 Å². The lowest BCUT2D eigenvalue weighted by Gasteiger charge is -2.40. The highest BCUT2D eigenvalue weighted by atomic mass is 35.5. The first-order valence-electron chi connectivity index (χ1n) is 7.34. The molecule has 6 heteroatoms. The molecule has 5 nitrogen and oxygen atoms in total. The fourth-order valence-corrected chi connectivity index (χ4v) is 2.69. The van der Waals surface area contributed by atoms with E-state index < -0.39 is 11.5 Å². The Balaban J connectivity index is 0.00000400.